The molecule has 0 aliphatic carbocycles. The fourth-order valence-corrected chi connectivity index (χ4v) is 2.33. The third-order valence-corrected chi connectivity index (χ3v) is 3.50. The Bertz CT molecular complexity index is 834. The highest BCUT2D eigenvalue weighted by molar-refractivity contribution is 6.30. The summed E-state index contributed by atoms with van der Waals surface area (Å²) in [4.78, 5) is 23.5. The minimum Gasteiger partial charge on any atom is -0.454 e. The van der Waals surface area contributed by atoms with Gasteiger partial charge in [-0.3, -0.25) is 4.79 Å². The van der Waals surface area contributed by atoms with Crippen molar-refractivity contribution in [2.75, 3.05) is 18.7 Å². The monoisotopic (exact) mass is 359 g/mol. The highest BCUT2D eigenvalue weighted by Gasteiger charge is 2.14. The maximum Gasteiger partial charge on any atom is 0.331 e. The average Bonchev–Trinajstić information content (AvgIpc) is 3.06. The van der Waals surface area contributed by atoms with Gasteiger partial charge in [0.25, 0.3) is 5.91 Å². The minimum absolute atomic E-state index is 0.156. The molecular weight excluding hydrogens is 346 g/mol. The molecule has 1 amide bonds. The number of halogens is 1. The normalized spacial score (nSPS) is 12.2. The van der Waals surface area contributed by atoms with E-state index in [1.807, 2.05) is 0 Å². The summed E-state index contributed by atoms with van der Waals surface area (Å²) in [6.07, 6.45) is 2.80. The molecule has 7 heteroatoms. The van der Waals surface area contributed by atoms with Gasteiger partial charge in [0.2, 0.25) is 6.79 Å². The number of rotatable bonds is 5. The van der Waals surface area contributed by atoms with Gasteiger partial charge >= 0.3 is 5.97 Å². The second-order valence-electron chi connectivity index (χ2n) is 5.11. The molecule has 1 N–H and O–H groups in total. The largest absolute Gasteiger partial charge is 0.454 e. The molecule has 2 aromatic carbocycles. The third kappa shape index (κ3) is 4.74. The van der Waals surface area contributed by atoms with Crippen LogP contribution in [0, 0.1) is 0 Å². The number of amides is 1. The van der Waals surface area contributed by atoms with Gasteiger partial charge in [-0.05, 0) is 35.9 Å². The van der Waals surface area contributed by atoms with Crippen molar-refractivity contribution in [1.29, 1.82) is 0 Å². The molecule has 0 saturated heterocycles. The van der Waals surface area contributed by atoms with Gasteiger partial charge in [-0.25, -0.2) is 4.79 Å². The van der Waals surface area contributed by atoms with E-state index in [1.165, 1.54) is 6.08 Å². The molecule has 1 aliphatic rings. The van der Waals surface area contributed by atoms with Gasteiger partial charge in [0.1, 0.15) is 0 Å². The smallest absolute Gasteiger partial charge is 0.331 e. The summed E-state index contributed by atoms with van der Waals surface area (Å²) >= 11 is 5.86. The van der Waals surface area contributed by atoms with Crippen molar-refractivity contribution in [2.24, 2.45) is 0 Å². The molecule has 0 fully saturated rings. The fourth-order valence-electron chi connectivity index (χ4n) is 2.13. The number of carbonyl (C=O) groups is 2. The first-order chi connectivity index (χ1) is 12.1. The minimum atomic E-state index is -0.624. The predicted molar refractivity (Wildman–Crippen MR) is 92.6 cm³/mol. The van der Waals surface area contributed by atoms with E-state index < -0.39 is 18.5 Å². The summed E-state index contributed by atoms with van der Waals surface area (Å²) < 4.78 is 15.3. The molecule has 3 rings (SSSR count). The van der Waals surface area contributed by atoms with Crippen LogP contribution in [0.5, 0.6) is 11.5 Å². The molecule has 0 aromatic heterocycles. The van der Waals surface area contributed by atoms with Gasteiger partial charge < -0.3 is 19.5 Å². The Balaban J connectivity index is 1.48. The highest BCUT2D eigenvalue weighted by atomic mass is 35.5. The summed E-state index contributed by atoms with van der Waals surface area (Å²) in [5.74, 6) is 0.0963. The lowest BCUT2D eigenvalue weighted by Gasteiger charge is -2.06. The van der Waals surface area contributed by atoms with E-state index in [2.05, 4.69) is 5.32 Å². The number of nitrogens with one attached hydrogen (secondary N) is 1. The van der Waals surface area contributed by atoms with Gasteiger partial charge in [0.15, 0.2) is 18.1 Å². The van der Waals surface area contributed by atoms with E-state index in [0.717, 1.165) is 5.56 Å². The molecule has 2 aromatic rings. The van der Waals surface area contributed by atoms with Crippen LogP contribution in [0.1, 0.15) is 5.56 Å². The van der Waals surface area contributed by atoms with Crippen molar-refractivity contribution in [3.05, 3.63) is 59.1 Å². The van der Waals surface area contributed by atoms with Crippen molar-refractivity contribution in [1.82, 2.24) is 0 Å². The van der Waals surface area contributed by atoms with Crippen LogP contribution in [0.15, 0.2) is 48.5 Å². The second-order valence-corrected chi connectivity index (χ2v) is 5.55. The maximum atomic E-state index is 11.8. The lowest BCUT2D eigenvalue weighted by Crippen LogP contribution is -2.20. The number of benzene rings is 2. The van der Waals surface area contributed by atoms with Crippen LogP contribution in [-0.4, -0.2) is 25.3 Å². The maximum absolute atomic E-state index is 11.8. The number of hydrogen-bond acceptors (Lipinski definition) is 5. The highest BCUT2D eigenvalue weighted by Crippen LogP contribution is 2.34. The first-order valence-corrected chi connectivity index (χ1v) is 7.78. The standard InChI is InChI=1S/C18H14ClNO5/c19-13-3-1-2-12(8-13)4-7-18(22)23-10-17(21)20-14-5-6-15-16(9-14)25-11-24-15/h1-9H,10-11H2,(H,20,21)/b7-4+. The third-order valence-electron chi connectivity index (χ3n) is 3.26. The van der Waals surface area contributed by atoms with Crippen LogP contribution in [0.25, 0.3) is 6.08 Å². The summed E-state index contributed by atoms with van der Waals surface area (Å²) in [6.45, 7) is -0.240. The van der Waals surface area contributed by atoms with Crippen LogP contribution in [0.4, 0.5) is 5.69 Å². The Morgan fingerprint density at radius 2 is 2.00 bits per heavy atom. The first-order valence-electron chi connectivity index (χ1n) is 7.40. The molecule has 25 heavy (non-hydrogen) atoms. The quantitative estimate of drug-likeness (QED) is 0.655. The molecule has 0 radical (unpaired) electrons. The molecule has 0 spiro atoms. The van der Waals surface area contributed by atoms with Crippen LogP contribution < -0.4 is 14.8 Å². The van der Waals surface area contributed by atoms with Crippen molar-refractivity contribution in [3.63, 3.8) is 0 Å². The van der Waals surface area contributed by atoms with Crippen molar-refractivity contribution < 1.29 is 23.8 Å². The number of esters is 1. The molecule has 0 saturated carbocycles. The zero-order valence-corrected chi connectivity index (χ0v) is 13.8. The van der Waals surface area contributed by atoms with Crippen LogP contribution in [0.2, 0.25) is 5.02 Å². The van der Waals surface area contributed by atoms with Crippen molar-refractivity contribution in [3.8, 4) is 11.5 Å². The molecular formula is C18H14ClNO5. The zero-order chi connectivity index (χ0) is 17.6. The van der Waals surface area contributed by atoms with E-state index in [9.17, 15) is 9.59 Å². The number of anilines is 1. The van der Waals surface area contributed by atoms with E-state index in [4.69, 9.17) is 25.8 Å². The first kappa shape index (κ1) is 16.9. The number of ether oxygens (including phenoxy) is 3. The Morgan fingerprint density at radius 1 is 1.16 bits per heavy atom. The van der Waals surface area contributed by atoms with Crippen LogP contribution in [-0.2, 0) is 14.3 Å². The molecule has 0 bridgehead atoms. The van der Waals surface area contributed by atoms with Gasteiger partial charge in [0, 0.05) is 22.9 Å². The Morgan fingerprint density at radius 3 is 2.84 bits per heavy atom. The average molecular weight is 360 g/mol. The van der Waals surface area contributed by atoms with E-state index in [-0.39, 0.29) is 6.79 Å². The Kier molecular flexibility index (Phi) is 5.20. The Hall–Kier alpha value is -2.99. The predicted octanol–water partition coefficient (Wildman–Crippen LogP) is 3.26. The van der Waals surface area contributed by atoms with Gasteiger partial charge in [-0.2, -0.15) is 0 Å². The summed E-state index contributed by atoms with van der Waals surface area (Å²) in [5.41, 5.74) is 1.29. The molecule has 0 unspecified atom stereocenters. The van der Waals surface area contributed by atoms with E-state index in [1.54, 1.807) is 48.5 Å². The van der Waals surface area contributed by atoms with Crippen molar-refractivity contribution >= 4 is 35.2 Å². The molecule has 1 heterocycles. The van der Waals surface area contributed by atoms with Gasteiger partial charge in [-0.15, -0.1) is 0 Å². The summed E-state index contributed by atoms with van der Waals surface area (Å²) in [7, 11) is 0. The van der Waals surface area contributed by atoms with E-state index >= 15 is 0 Å². The summed E-state index contributed by atoms with van der Waals surface area (Å²) in [6, 6.07) is 12.0. The second kappa shape index (κ2) is 7.72. The Labute approximate surface area is 148 Å². The zero-order valence-electron chi connectivity index (χ0n) is 13.0. The molecule has 1 aliphatic heterocycles. The van der Waals surface area contributed by atoms with E-state index in [0.29, 0.717) is 22.2 Å². The van der Waals surface area contributed by atoms with Crippen LogP contribution in [0.3, 0.4) is 0 Å². The van der Waals surface area contributed by atoms with Gasteiger partial charge in [-0.1, -0.05) is 23.7 Å². The topological polar surface area (TPSA) is 73.9 Å². The molecule has 6 nitrogen and oxygen atoms in total. The lowest BCUT2D eigenvalue weighted by atomic mass is 10.2. The SMILES string of the molecule is O=C(COC(=O)/C=C/c1cccc(Cl)c1)Nc1ccc2c(c1)OCO2. The lowest BCUT2D eigenvalue weighted by molar-refractivity contribution is -0.142. The molecule has 128 valence electrons. The van der Waals surface area contributed by atoms with Crippen molar-refractivity contribution in [2.45, 2.75) is 0 Å². The van der Waals surface area contributed by atoms with Gasteiger partial charge in [0.05, 0.1) is 0 Å². The number of fused-ring (bicyclic) bond motifs is 1. The summed E-state index contributed by atoms with van der Waals surface area (Å²) in [5, 5.41) is 3.18. The molecule has 0 atom stereocenters. The van der Waals surface area contributed by atoms with Crippen LogP contribution >= 0.6 is 11.6 Å². The number of hydrogen-bond donors (Lipinski definition) is 1. The fraction of sp³-hybridized carbons (Fsp3) is 0.111. The number of carbonyl (C=O) groups excluding carboxylic acids is 2.